The molecule has 0 unspecified atom stereocenters. The Bertz CT molecular complexity index is 869. The van der Waals surface area contributed by atoms with Crippen molar-refractivity contribution in [2.24, 2.45) is 0 Å². The van der Waals surface area contributed by atoms with Gasteiger partial charge in [0.05, 0.1) is 18.1 Å². The number of aromatic amines is 1. The molecule has 23 heavy (non-hydrogen) atoms. The number of nitriles is 1. The molecule has 2 aromatic carbocycles. The zero-order valence-corrected chi connectivity index (χ0v) is 12.6. The molecule has 0 bridgehead atoms. The Hall–Kier alpha value is -3.26. The number of methoxy groups -OCH3 is 1. The summed E-state index contributed by atoms with van der Waals surface area (Å²) in [5, 5.41) is 19.7. The summed E-state index contributed by atoms with van der Waals surface area (Å²) in [6.45, 7) is 0. The molecule has 0 spiro atoms. The molecule has 1 aromatic heterocycles. The van der Waals surface area contributed by atoms with Gasteiger partial charge in [-0.05, 0) is 29.8 Å². The van der Waals surface area contributed by atoms with Crippen molar-refractivity contribution in [1.82, 2.24) is 9.97 Å². The molecule has 3 rings (SSSR count). The zero-order valence-electron chi connectivity index (χ0n) is 12.6. The summed E-state index contributed by atoms with van der Waals surface area (Å²) in [4.78, 5) is 7.42. The Balaban J connectivity index is 1.93. The van der Waals surface area contributed by atoms with Gasteiger partial charge in [0.15, 0.2) is 5.82 Å². The molecule has 0 aliphatic carbocycles. The predicted molar refractivity (Wildman–Crippen MR) is 88.0 cm³/mol. The van der Waals surface area contributed by atoms with Crippen molar-refractivity contribution in [3.8, 4) is 11.8 Å². The monoisotopic (exact) mass is 305 g/mol. The van der Waals surface area contributed by atoms with E-state index in [-0.39, 0.29) is 17.8 Å². The number of para-hydroxylation sites is 2. The Kier molecular flexibility index (Phi) is 3.98. The summed E-state index contributed by atoms with van der Waals surface area (Å²) in [5.74, 6) is 1.10. The molecule has 3 aromatic rings. The van der Waals surface area contributed by atoms with Crippen molar-refractivity contribution >= 4 is 16.6 Å². The van der Waals surface area contributed by atoms with Gasteiger partial charge in [-0.15, -0.1) is 0 Å². The van der Waals surface area contributed by atoms with Crippen LogP contribution in [0.1, 0.15) is 11.4 Å². The summed E-state index contributed by atoms with van der Waals surface area (Å²) in [6, 6.07) is 16.9. The van der Waals surface area contributed by atoms with Crippen LogP contribution in [0.15, 0.2) is 54.3 Å². The molecular weight excluding hydrogens is 290 g/mol. The lowest BCUT2D eigenvalue weighted by Crippen LogP contribution is -1.96. The molecular formula is C18H15N3O2. The van der Waals surface area contributed by atoms with Gasteiger partial charge in [0.25, 0.3) is 0 Å². The number of hydrogen-bond acceptors (Lipinski definition) is 4. The number of aromatic nitrogens is 2. The fourth-order valence-electron chi connectivity index (χ4n) is 2.35. The number of hydrogen-bond donors (Lipinski definition) is 2. The molecule has 1 heterocycles. The highest BCUT2D eigenvalue weighted by molar-refractivity contribution is 5.82. The van der Waals surface area contributed by atoms with Gasteiger partial charge in [-0.2, -0.15) is 5.26 Å². The van der Waals surface area contributed by atoms with Gasteiger partial charge >= 0.3 is 0 Å². The normalized spacial score (nSPS) is 11.8. The van der Waals surface area contributed by atoms with Crippen molar-refractivity contribution in [3.63, 3.8) is 0 Å². The number of ether oxygens (including phenoxy) is 1. The third kappa shape index (κ3) is 3.01. The second-order valence-corrected chi connectivity index (χ2v) is 5.06. The number of nitrogens with one attached hydrogen (secondary N) is 1. The molecule has 0 fully saturated rings. The first kappa shape index (κ1) is 14.7. The van der Waals surface area contributed by atoms with Gasteiger partial charge in [0.1, 0.15) is 23.2 Å². The topological polar surface area (TPSA) is 81.9 Å². The number of imidazole rings is 1. The first-order valence-corrected chi connectivity index (χ1v) is 7.11. The van der Waals surface area contributed by atoms with Crippen LogP contribution in [0.3, 0.4) is 0 Å². The van der Waals surface area contributed by atoms with E-state index >= 15 is 0 Å². The van der Waals surface area contributed by atoms with Crippen molar-refractivity contribution in [2.45, 2.75) is 6.42 Å². The van der Waals surface area contributed by atoms with Crippen LogP contribution in [0.5, 0.6) is 5.75 Å². The van der Waals surface area contributed by atoms with Crippen LogP contribution < -0.4 is 4.74 Å². The van der Waals surface area contributed by atoms with E-state index in [4.69, 9.17) is 4.74 Å². The summed E-state index contributed by atoms with van der Waals surface area (Å²) in [5.41, 5.74) is 2.61. The number of allylic oxidation sites excluding steroid dienone is 2. The van der Waals surface area contributed by atoms with Crippen LogP contribution in [0.2, 0.25) is 0 Å². The minimum atomic E-state index is -0.0169. The Morgan fingerprint density at radius 2 is 1.96 bits per heavy atom. The number of aliphatic hydroxyl groups is 1. The highest BCUT2D eigenvalue weighted by Crippen LogP contribution is 2.21. The lowest BCUT2D eigenvalue weighted by molar-refractivity contribution is 0.401. The molecule has 5 heteroatoms. The molecule has 0 aliphatic heterocycles. The smallest absolute Gasteiger partial charge is 0.152 e. The van der Waals surface area contributed by atoms with Gasteiger partial charge < -0.3 is 14.8 Å². The maximum atomic E-state index is 10.3. The van der Waals surface area contributed by atoms with Gasteiger partial charge in [-0.1, -0.05) is 24.3 Å². The summed E-state index contributed by atoms with van der Waals surface area (Å²) < 4.78 is 5.10. The van der Waals surface area contributed by atoms with E-state index in [0.717, 1.165) is 22.3 Å². The second-order valence-electron chi connectivity index (χ2n) is 5.06. The van der Waals surface area contributed by atoms with Crippen molar-refractivity contribution in [1.29, 1.82) is 5.26 Å². The predicted octanol–water partition coefficient (Wildman–Crippen LogP) is 3.61. The lowest BCUT2D eigenvalue weighted by atomic mass is 10.1. The van der Waals surface area contributed by atoms with Crippen LogP contribution in [0.4, 0.5) is 0 Å². The van der Waals surface area contributed by atoms with Crippen LogP contribution in [-0.4, -0.2) is 22.2 Å². The first-order chi connectivity index (χ1) is 11.2. The molecule has 0 saturated heterocycles. The Morgan fingerprint density at radius 3 is 2.61 bits per heavy atom. The quantitative estimate of drug-likeness (QED) is 0.570. The van der Waals surface area contributed by atoms with Crippen molar-refractivity contribution < 1.29 is 9.84 Å². The standard InChI is InChI=1S/C18H15N3O2/c1-23-13-8-6-12(7-9-13)10-17(22)14(11-19)18-20-15-4-2-3-5-16(15)21-18/h2-9,22H,10H2,1H3,(H,20,21). The van der Waals surface area contributed by atoms with E-state index in [1.807, 2.05) is 54.6 Å². The third-order valence-corrected chi connectivity index (χ3v) is 3.56. The third-order valence-electron chi connectivity index (χ3n) is 3.56. The lowest BCUT2D eigenvalue weighted by Gasteiger charge is -2.04. The van der Waals surface area contributed by atoms with Gasteiger partial charge in [-0.3, -0.25) is 0 Å². The fourth-order valence-corrected chi connectivity index (χ4v) is 2.35. The van der Waals surface area contributed by atoms with Crippen LogP contribution in [0, 0.1) is 11.3 Å². The number of nitrogens with zero attached hydrogens (tertiary/aromatic N) is 2. The number of fused-ring (bicyclic) bond motifs is 1. The molecule has 5 nitrogen and oxygen atoms in total. The van der Waals surface area contributed by atoms with E-state index in [1.54, 1.807) is 7.11 Å². The Morgan fingerprint density at radius 1 is 1.22 bits per heavy atom. The van der Waals surface area contributed by atoms with Crippen LogP contribution in [0.25, 0.3) is 16.6 Å². The van der Waals surface area contributed by atoms with E-state index < -0.39 is 0 Å². The molecule has 0 aliphatic rings. The van der Waals surface area contributed by atoms with Crippen LogP contribution >= 0.6 is 0 Å². The fraction of sp³-hybridized carbons (Fsp3) is 0.111. The number of rotatable bonds is 4. The van der Waals surface area contributed by atoms with Crippen LogP contribution in [-0.2, 0) is 6.42 Å². The first-order valence-electron chi connectivity index (χ1n) is 7.11. The van der Waals surface area contributed by atoms with E-state index in [0.29, 0.717) is 5.82 Å². The molecule has 2 N–H and O–H groups in total. The molecule has 114 valence electrons. The van der Waals surface area contributed by atoms with E-state index in [9.17, 15) is 10.4 Å². The minimum absolute atomic E-state index is 0.0169. The maximum absolute atomic E-state index is 10.3. The number of benzene rings is 2. The summed E-state index contributed by atoms with van der Waals surface area (Å²) in [7, 11) is 1.60. The average Bonchev–Trinajstić information content (AvgIpc) is 2.99. The summed E-state index contributed by atoms with van der Waals surface area (Å²) >= 11 is 0. The molecule has 0 atom stereocenters. The Labute approximate surface area is 133 Å². The van der Waals surface area contributed by atoms with Gasteiger partial charge in [-0.25, -0.2) is 4.98 Å². The largest absolute Gasteiger partial charge is 0.510 e. The maximum Gasteiger partial charge on any atom is 0.152 e. The highest BCUT2D eigenvalue weighted by Gasteiger charge is 2.13. The van der Waals surface area contributed by atoms with Gasteiger partial charge in [0, 0.05) is 6.42 Å². The van der Waals surface area contributed by atoms with Crippen molar-refractivity contribution in [2.75, 3.05) is 7.11 Å². The number of H-pyrrole nitrogens is 1. The molecule has 0 radical (unpaired) electrons. The zero-order chi connectivity index (χ0) is 16.2. The summed E-state index contributed by atoms with van der Waals surface area (Å²) in [6.07, 6.45) is 0.254. The SMILES string of the molecule is COc1ccc(CC(O)=C(C#N)c2nc3ccccc3[nH]2)cc1. The van der Waals surface area contributed by atoms with Crippen molar-refractivity contribution in [3.05, 3.63) is 65.7 Å². The molecule has 0 amide bonds. The van der Waals surface area contributed by atoms with Gasteiger partial charge in [0.2, 0.25) is 0 Å². The van der Waals surface area contributed by atoms with E-state index in [2.05, 4.69) is 9.97 Å². The minimum Gasteiger partial charge on any atom is -0.510 e. The van der Waals surface area contributed by atoms with E-state index in [1.165, 1.54) is 0 Å². The highest BCUT2D eigenvalue weighted by atomic mass is 16.5. The number of aliphatic hydroxyl groups excluding tert-OH is 1. The average molecular weight is 305 g/mol. The second kappa shape index (κ2) is 6.24. The molecule has 0 saturated carbocycles.